The molecule has 2 aromatic carbocycles. The molecule has 0 N–H and O–H groups in total. The third-order valence-corrected chi connectivity index (χ3v) is 4.10. The molecule has 2 aromatic heterocycles. The predicted molar refractivity (Wildman–Crippen MR) is 96.3 cm³/mol. The fourth-order valence-electron chi connectivity index (χ4n) is 2.94. The molecule has 0 radical (unpaired) electrons. The van der Waals surface area contributed by atoms with E-state index in [2.05, 4.69) is 10.1 Å². The number of nitrogens with zero attached hydrogens (tertiary/aromatic N) is 4. The third-order valence-electron chi connectivity index (χ3n) is 4.10. The zero-order valence-corrected chi connectivity index (χ0v) is 14.1. The molecule has 0 saturated heterocycles. The minimum absolute atomic E-state index is 0.119. The second-order valence-corrected chi connectivity index (χ2v) is 5.76. The van der Waals surface area contributed by atoms with Gasteiger partial charge in [-0.05, 0) is 24.6 Å². The second-order valence-electron chi connectivity index (χ2n) is 5.76. The number of hydrogen-bond acceptors (Lipinski definition) is 5. The summed E-state index contributed by atoms with van der Waals surface area (Å²) in [4.78, 5) is 29.2. The molecule has 2 heterocycles. The summed E-state index contributed by atoms with van der Waals surface area (Å²) in [7, 11) is 0. The molecule has 0 fully saturated rings. The number of carbonyl (C=O) groups is 1. The lowest BCUT2D eigenvalue weighted by atomic mass is 10.2. The monoisotopic (exact) mass is 348 g/mol. The molecule has 0 spiro atoms. The second kappa shape index (κ2) is 6.44. The molecule has 4 rings (SSSR count). The van der Waals surface area contributed by atoms with E-state index in [0.717, 1.165) is 21.0 Å². The first kappa shape index (κ1) is 16.0. The maximum Gasteiger partial charge on any atom is 0.378 e. The Hall–Kier alpha value is -3.48. The smallest absolute Gasteiger partial charge is 0.378 e. The Bertz CT molecular complexity index is 1160. The summed E-state index contributed by atoms with van der Waals surface area (Å²) in [6.07, 6.45) is 0. The normalized spacial score (nSPS) is 11.1. The fraction of sp³-hybridized carbons (Fsp3) is 0.158. The maximum atomic E-state index is 13.0. The largest absolute Gasteiger partial charge is 0.460 e. The number of aromatic nitrogens is 4. The Kier molecular flexibility index (Phi) is 3.96. The number of rotatable bonds is 4. The van der Waals surface area contributed by atoms with Crippen molar-refractivity contribution in [3.63, 3.8) is 0 Å². The summed E-state index contributed by atoms with van der Waals surface area (Å²) in [5, 5.41) is 4.82. The molecule has 0 unspecified atom stereocenters. The van der Waals surface area contributed by atoms with Crippen molar-refractivity contribution in [2.24, 2.45) is 0 Å². The SMILES string of the molecule is CCOC(=O)c1nc2c3ccccc3n(Cc3ccccc3)c(=O)n2n1. The van der Waals surface area contributed by atoms with E-state index < -0.39 is 5.97 Å². The quantitative estimate of drug-likeness (QED) is 0.529. The predicted octanol–water partition coefficient (Wildman–Crippen LogP) is 2.27. The highest BCUT2D eigenvalue weighted by molar-refractivity contribution is 5.93. The van der Waals surface area contributed by atoms with Gasteiger partial charge in [0.1, 0.15) is 0 Å². The Balaban J connectivity index is 1.97. The topological polar surface area (TPSA) is 78.5 Å². The van der Waals surface area contributed by atoms with Crippen LogP contribution < -0.4 is 5.69 Å². The minimum Gasteiger partial charge on any atom is -0.460 e. The van der Waals surface area contributed by atoms with E-state index in [-0.39, 0.29) is 18.1 Å². The average Bonchev–Trinajstić information content (AvgIpc) is 3.12. The van der Waals surface area contributed by atoms with Gasteiger partial charge in [0.05, 0.1) is 18.7 Å². The van der Waals surface area contributed by atoms with E-state index in [9.17, 15) is 9.59 Å². The zero-order valence-electron chi connectivity index (χ0n) is 14.1. The standard InChI is InChI=1S/C19H16N4O3/c1-2-26-18(24)16-20-17-14-10-6-7-11-15(14)22(19(25)23(17)21-16)12-13-8-4-3-5-9-13/h3-11H,2,12H2,1H3. The minimum atomic E-state index is -0.644. The first-order valence-corrected chi connectivity index (χ1v) is 8.28. The van der Waals surface area contributed by atoms with Crippen LogP contribution in [0.1, 0.15) is 23.1 Å². The van der Waals surface area contributed by atoms with Crippen LogP contribution in [0.3, 0.4) is 0 Å². The number of fused-ring (bicyclic) bond motifs is 3. The Morgan fingerprint density at radius 2 is 1.81 bits per heavy atom. The van der Waals surface area contributed by atoms with Crippen LogP contribution in [0.25, 0.3) is 16.6 Å². The van der Waals surface area contributed by atoms with Crippen molar-refractivity contribution in [2.75, 3.05) is 6.61 Å². The Morgan fingerprint density at radius 3 is 2.58 bits per heavy atom. The van der Waals surface area contributed by atoms with Gasteiger partial charge in [0.25, 0.3) is 5.82 Å². The van der Waals surface area contributed by atoms with Gasteiger partial charge in [-0.15, -0.1) is 5.10 Å². The van der Waals surface area contributed by atoms with Crippen LogP contribution in [-0.2, 0) is 11.3 Å². The van der Waals surface area contributed by atoms with Gasteiger partial charge in [0, 0.05) is 5.39 Å². The lowest BCUT2D eigenvalue weighted by Crippen LogP contribution is -2.28. The molecular formula is C19H16N4O3. The van der Waals surface area contributed by atoms with E-state index in [1.165, 1.54) is 0 Å². The van der Waals surface area contributed by atoms with Gasteiger partial charge in [-0.1, -0.05) is 42.5 Å². The van der Waals surface area contributed by atoms with Crippen LogP contribution in [0.2, 0.25) is 0 Å². The van der Waals surface area contributed by atoms with Crippen molar-refractivity contribution in [3.8, 4) is 0 Å². The van der Waals surface area contributed by atoms with E-state index in [0.29, 0.717) is 12.2 Å². The fourth-order valence-corrected chi connectivity index (χ4v) is 2.94. The van der Waals surface area contributed by atoms with Crippen molar-refractivity contribution in [3.05, 3.63) is 76.5 Å². The molecule has 0 amide bonds. The number of carbonyl (C=O) groups excluding carboxylic acids is 1. The summed E-state index contributed by atoms with van der Waals surface area (Å²) >= 11 is 0. The summed E-state index contributed by atoms with van der Waals surface area (Å²) in [5.41, 5.74) is 1.71. The van der Waals surface area contributed by atoms with Crippen LogP contribution in [0.4, 0.5) is 0 Å². The molecule has 0 aliphatic heterocycles. The van der Waals surface area contributed by atoms with Crippen molar-refractivity contribution in [1.29, 1.82) is 0 Å². The van der Waals surface area contributed by atoms with Gasteiger partial charge in [0.15, 0.2) is 5.65 Å². The summed E-state index contributed by atoms with van der Waals surface area (Å²) in [6.45, 7) is 2.31. The van der Waals surface area contributed by atoms with Crippen LogP contribution in [0.15, 0.2) is 59.4 Å². The van der Waals surface area contributed by atoms with E-state index in [4.69, 9.17) is 4.74 Å². The van der Waals surface area contributed by atoms with Gasteiger partial charge in [0.2, 0.25) is 0 Å². The van der Waals surface area contributed by atoms with Crippen molar-refractivity contribution < 1.29 is 9.53 Å². The Labute approximate surface area is 148 Å². The average molecular weight is 348 g/mol. The summed E-state index contributed by atoms with van der Waals surface area (Å²) < 4.78 is 7.74. The van der Waals surface area contributed by atoms with Crippen LogP contribution in [-0.4, -0.2) is 31.7 Å². The molecular weight excluding hydrogens is 332 g/mol. The maximum absolute atomic E-state index is 13.0. The number of benzene rings is 2. The van der Waals surface area contributed by atoms with Crippen molar-refractivity contribution >= 4 is 22.5 Å². The highest BCUT2D eigenvalue weighted by atomic mass is 16.5. The molecule has 0 bridgehead atoms. The van der Waals surface area contributed by atoms with E-state index >= 15 is 0 Å². The molecule has 7 heteroatoms. The van der Waals surface area contributed by atoms with Crippen molar-refractivity contribution in [1.82, 2.24) is 19.2 Å². The molecule has 0 aliphatic carbocycles. The highest BCUT2D eigenvalue weighted by Gasteiger charge is 2.19. The zero-order chi connectivity index (χ0) is 18.1. The van der Waals surface area contributed by atoms with Crippen molar-refractivity contribution in [2.45, 2.75) is 13.5 Å². The molecule has 0 aliphatic rings. The van der Waals surface area contributed by atoms with Crippen LogP contribution in [0, 0.1) is 0 Å². The molecule has 7 nitrogen and oxygen atoms in total. The van der Waals surface area contributed by atoms with Gasteiger partial charge < -0.3 is 4.74 Å². The summed E-state index contributed by atoms with van der Waals surface area (Å²) in [6, 6.07) is 17.1. The number of esters is 1. The summed E-state index contributed by atoms with van der Waals surface area (Å²) in [5.74, 6) is -0.763. The van der Waals surface area contributed by atoms with Gasteiger partial charge in [-0.25, -0.2) is 14.6 Å². The van der Waals surface area contributed by atoms with Gasteiger partial charge in [-0.2, -0.15) is 4.52 Å². The van der Waals surface area contributed by atoms with E-state index in [1.54, 1.807) is 11.5 Å². The highest BCUT2D eigenvalue weighted by Crippen LogP contribution is 2.18. The first-order valence-electron chi connectivity index (χ1n) is 8.28. The van der Waals surface area contributed by atoms with E-state index in [1.807, 2.05) is 54.6 Å². The Morgan fingerprint density at radius 1 is 1.08 bits per heavy atom. The number of ether oxygens (including phenoxy) is 1. The molecule has 26 heavy (non-hydrogen) atoms. The van der Waals surface area contributed by atoms with Crippen LogP contribution >= 0.6 is 0 Å². The number of para-hydroxylation sites is 1. The first-order chi connectivity index (χ1) is 12.7. The van der Waals surface area contributed by atoms with Gasteiger partial charge >= 0.3 is 11.7 Å². The molecule has 0 saturated carbocycles. The lowest BCUT2D eigenvalue weighted by molar-refractivity contribution is 0.0512. The molecule has 0 atom stereocenters. The third kappa shape index (κ3) is 2.63. The van der Waals surface area contributed by atoms with Gasteiger partial charge in [-0.3, -0.25) is 4.57 Å². The number of hydrogen-bond donors (Lipinski definition) is 0. The lowest BCUT2D eigenvalue weighted by Gasteiger charge is -2.10. The molecule has 130 valence electrons. The molecule has 4 aromatic rings. The van der Waals surface area contributed by atoms with Crippen LogP contribution in [0.5, 0.6) is 0 Å².